The zero-order valence-corrected chi connectivity index (χ0v) is 17.7. The van der Waals surface area contributed by atoms with Crippen molar-refractivity contribution in [3.8, 4) is 0 Å². The van der Waals surface area contributed by atoms with E-state index in [9.17, 15) is 16.8 Å². The van der Waals surface area contributed by atoms with Crippen molar-refractivity contribution in [1.29, 1.82) is 0 Å². The smallest absolute Gasteiger partial charge is 0.264 e. The summed E-state index contributed by atoms with van der Waals surface area (Å²) in [6.07, 6.45) is 0. The minimum Gasteiger partial charge on any atom is -0.280 e. The Labute approximate surface area is 171 Å². The van der Waals surface area contributed by atoms with E-state index in [-0.39, 0.29) is 16.3 Å². The van der Waals surface area contributed by atoms with Gasteiger partial charge in [0.1, 0.15) is 0 Å². The second-order valence-corrected chi connectivity index (χ2v) is 10.00. The van der Waals surface area contributed by atoms with Crippen LogP contribution in [0.2, 0.25) is 0 Å². The molecule has 0 aliphatic carbocycles. The third kappa shape index (κ3) is 4.60. The Morgan fingerprint density at radius 1 is 0.793 bits per heavy atom. The molecule has 0 aromatic heterocycles. The van der Waals surface area contributed by atoms with E-state index >= 15 is 0 Å². The average Bonchev–Trinajstić information content (AvgIpc) is 2.69. The number of nitrogens with one attached hydrogen (secondary N) is 1. The first-order chi connectivity index (χ1) is 13.7. The van der Waals surface area contributed by atoms with Gasteiger partial charge in [-0.05, 0) is 67.9 Å². The normalized spacial score (nSPS) is 11.8. The first-order valence-electron chi connectivity index (χ1n) is 9.01. The second-order valence-electron chi connectivity index (χ2n) is 6.45. The van der Waals surface area contributed by atoms with Gasteiger partial charge in [0, 0.05) is 12.2 Å². The summed E-state index contributed by atoms with van der Waals surface area (Å²) < 4.78 is 55.0. The van der Waals surface area contributed by atoms with Crippen LogP contribution in [0.15, 0.2) is 88.7 Å². The largest absolute Gasteiger partial charge is 0.280 e. The van der Waals surface area contributed by atoms with E-state index in [2.05, 4.69) is 4.72 Å². The highest BCUT2D eigenvalue weighted by molar-refractivity contribution is 7.93. The lowest BCUT2D eigenvalue weighted by molar-refractivity contribution is 0.590. The monoisotopic (exact) mass is 430 g/mol. The van der Waals surface area contributed by atoms with E-state index in [1.165, 1.54) is 28.6 Å². The number of benzene rings is 3. The molecule has 8 heteroatoms. The van der Waals surface area contributed by atoms with Crippen molar-refractivity contribution in [2.24, 2.45) is 0 Å². The van der Waals surface area contributed by atoms with Crippen molar-refractivity contribution < 1.29 is 16.8 Å². The highest BCUT2D eigenvalue weighted by Gasteiger charge is 2.24. The van der Waals surface area contributed by atoms with Gasteiger partial charge in [0.15, 0.2) is 0 Å². The number of sulfonamides is 2. The standard InChI is InChI=1S/C21H22N2O4S2/c1-3-23(19-10-5-4-6-11-19)29(26,27)21-14-12-20(13-15-21)28(24,25)22-18-9-7-8-17(2)16-18/h4-16,22H,3H2,1-2H3. The summed E-state index contributed by atoms with van der Waals surface area (Å²) in [6.45, 7) is 3.86. The minimum absolute atomic E-state index is 0.0132. The minimum atomic E-state index is -3.83. The van der Waals surface area contributed by atoms with Gasteiger partial charge in [-0.2, -0.15) is 0 Å². The van der Waals surface area contributed by atoms with E-state index in [1.807, 2.05) is 19.1 Å². The van der Waals surface area contributed by atoms with Crippen LogP contribution in [0.3, 0.4) is 0 Å². The van der Waals surface area contributed by atoms with Gasteiger partial charge in [0.2, 0.25) is 0 Å². The number of aryl methyl sites for hydroxylation is 1. The van der Waals surface area contributed by atoms with Crippen LogP contribution in [0.4, 0.5) is 11.4 Å². The molecule has 0 saturated heterocycles. The first-order valence-corrected chi connectivity index (χ1v) is 11.9. The van der Waals surface area contributed by atoms with Crippen LogP contribution in [0.5, 0.6) is 0 Å². The molecule has 3 aromatic rings. The molecule has 3 rings (SSSR count). The van der Waals surface area contributed by atoms with Gasteiger partial charge in [-0.1, -0.05) is 30.3 Å². The third-order valence-electron chi connectivity index (χ3n) is 4.32. The van der Waals surface area contributed by atoms with Crippen molar-refractivity contribution in [1.82, 2.24) is 0 Å². The van der Waals surface area contributed by atoms with Crippen molar-refractivity contribution in [3.63, 3.8) is 0 Å². The highest BCUT2D eigenvalue weighted by Crippen LogP contribution is 2.25. The highest BCUT2D eigenvalue weighted by atomic mass is 32.2. The number of hydrogen-bond donors (Lipinski definition) is 1. The molecule has 0 radical (unpaired) electrons. The SMILES string of the molecule is CCN(c1ccccc1)S(=O)(=O)c1ccc(S(=O)(=O)Nc2cccc(C)c2)cc1. The van der Waals surface area contributed by atoms with Crippen LogP contribution in [0.25, 0.3) is 0 Å². The van der Waals surface area contributed by atoms with Gasteiger partial charge in [0.05, 0.1) is 15.5 Å². The molecule has 152 valence electrons. The molecule has 0 aliphatic rings. The van der Waals surface area contributed by atoms with Gasteiger partial charge in [-0.15, -0.1) is 0 Å². The molecule has 0 spiro atoms. The maximum atomic E-state index is 13.0. The van der Waals surface area contributed by atoms with E-state index < -0.39 is 20.0 Å². The molecular weight excluding hydrogens is 408 g/mol. The number of nitrogens with zero attached hydrogens (tertiary/aromatic N) is 1. The summed E-state index contributed by atoms with van der Waals surface area (Å²) in [5, 5.41) is 0. The van der Waals surface area contributed by atoms with E-state index in [4.69, 9.17) is 0 Å². The Balaban J connectivity index is 1.89. The van der Waals surface area contributed by atoms with Gasteiger partial charge in [-0.3, -0.25) is 9.03 Å². The Hall–Kier alpha value is -2.84. The fourth-order valence-corrected chi connectivity index (χ4v) is 5.45. The summed E-state index contributed by atoms with van der Waals surface area (Å²) in [4.78, 5) is 0.0124. The van der Waals surface area contributed by atoms with Gasteiger partial charge >= 0.3 is 0 Å². The molecule has 0 saturated carbocycles. The lowest BCUT2D eigenvalue weighted by Gasteiger charge is -2.23. The van der Waals surface area contributed by atoms with Crippen molar-refractivity contribution in [3.05, 3.63) is 84.4 Å². The lowest BCUT2D eigenvalue weighted by atomic mass is 10.2. The second kappa shape index (κ2) is 8.26. The zero-order chi connectivity index (χ0) is 21.1. The molecular formula is C21H22N2O4S2. The number of para-hydroxylation sites is 1. The van der Waals surface area contributed by atoms with Crippen LogP contribution < -0.4 is 9.03 Å². The van der Waals surface area contributed by atoms with Gasteiger partial charge in [-0.25, -0.2) is 16.8 Å². The van der Waals surface area contributed by atoms with Gasteiger partial charge < -0.3 is 0 Å². The quantitative estimate of drug-likeness (QED) is 0.614. The fraction of sp³-hybridized carbons (Fsp3) is 0.143. The van der Waals surface area contributed by atoms with Crippen LogP contribution in [0, 0.1) is 6.92 Å². The number of hydrogen-bond acceptors (Lipinski definition) is 4. The molecule has 0 aliphatic heterocycles. The summed E-state index contributed by atoms with van der Waals surface area (Å²) in [7, 11) is -7.64. The molecule has 1 N–H and O–H groups in total. The lowest BCUT2D eigenvalue weighted by Crippen LogP contribution is -2.30. The van der Waals surface area contributed by atoms with E-state index in [0.29, 0.717) is 11.4 Å². The van der Waals surface area contributed by atoms with Crippen molar-refractivity contribution >= 4 is 31.4 Å². The Morgan fingerprint density at radius 3 is 2.00 bits per heavy atom. The molecule has 0 fully saturated rings. The Kier molecular flexibility index (Phi) is 5.95. The Bertz CT molecular complexity index is 1190. The number of rotatable bonds is 7. The molecule has 6 nitrogen and oxygen atoms in total. The zero-order valence-electron chi connectivity index (χ0n) is 16.1. The van der Waals surface area contributed by atoms with Crippen molar-refractivity contribution in [2.45, 2.75) is 23.6 Å². The molecule has 0 unspecified atom stereocenters. The fourth-order valence-electron chi connectivity index (χ4n) is 2.93. The molecule has 0 atom stereocenters. The maximum Gasteiger partial charge on any atom is 0.264 e. The topological polar surface area (TPSA) is 83.6 Å². The summed E-state index contributed by atoms with van der Waals surface area (Å²) in [5.41, 5.74) is 1.92. The van der Waals surface area contributed by atoms with Crippen LogP contribution in [0.1, 0.15) is 12.5 Å². The van der Waals surface area contributed by atoms with Crippen LogP contribution in [-0.2, 0) is 20.0 Å². The summed E-state index contributed by atoms with van der Waals surface area (Å²) in [5.74, 6) is 0. The molecule has 0 heterocycles. The van der Waals surface area contributed by atoms with Crippen LogP contribution in [-0.4, -0.2) is 23.4 Å². The third-order valence-corrected chi connectivity index (χ3v) is 7.64. The molecule has 0 bridgehead atoms. The summed E-state index contributed by atoms with van der Waals surface area (Å²) in [6, 6.07) is 21.0. The molecule has 0 amide bonds. The Morgan fingerprint density at radius 2 is 1.41 bits per heavy atom. The maximum absolute atomic E-state index is 13.0. The predicted molar refractivity (Wildman–Crippen MR) is 115 cm³/mol. The van der Waals surface area contributed by atoms with Crippen molar-refractivity contribution in [2.75, 3.05) is 15.6 Å². The van der Waals surface area contributed by atoms with Gasteiger partial charge in [0.25, 0.3) is 20.0 Å². The predicted octanol–water partition coefficient (Wildman–Crippen LogP) is 4.01. The summed E-state index contributed by atoms with van der Waals surface area (Å²) >= 11 is 0. The molecule has 3 aromatic carbocycles. The van der Waals surface area contributed by atoms with E-state index in [0.717, 1.165) is 5.56 Å². The van der Waals surface area contributed by atoms with E-state index in [1.54, 1.807) is 49.4 Å². The molecule has 29 heavy (non-hydrogen) atoms. The average molecular weight is 431 g/mol. The van der Waals surface area contributed by atoms with Crippen LogP contribution >= 0.6 is 0 Å². The first kappa shape index (κ1) is 20.9. The number of anilines is 2.